The van der Waals surface area contributed by atoms with Gasteiger partial charge in [-0.15, -0.1) is 0 Å². The van der Waals surface area contributed by atoms with E-state index in [-0.39, 0.29) is 5.69 Å². The molecule has 0 atom stereocenters. The van der Waals surface area contributed by atoms with Crippen molar-refractivity contribution in [1.82, 2.24) is 19.7 Å². The van der Waals surface area contributed by atoms with Crippen molar-refractivity contribution >= 4 is 0 Å². The summed E-state index contributed by atoms with van der Waals surface area (Å²) in [5.41, 5.74) is 1.56. The summed E-state index contributed by atoms with van der Waals surface area (Å²) in [5.74, 6) is 0.443. The summed E-state index contributed by atoms with van der Waals surface area (Å²) in [6, 6.07) is 3.73. The van der Waals surface area contributed by atoms with E-state index >= 15 is 0 Å². The molecule has 0 saturated carbocycles. The Balaban J connectivity index is 1.90. The van der Waals surface area contributed by atoms with Crippen LogP contribution < -0.4 is 0 Å². The number of pyridine rings is 1. The van der Waals surface area contributed by atoms with Crippen LogP contribution in [0.3, 0.4) is 0 Å². The quantitative estimate of drug-likeness (QED) is 0.862. The van der Waals surface area contributed by atoms with Crippen LogP contribution in [0.25, 0.3) is 5.82 Å². The molecule has 24 heavy (non-hydrogen) atoms. The van der Waals surface area contributed by atoms with Gasteiger partial charge in [0, 0.05) is 24.5 Å². The number of alkyl halides is 2. The van der Waals surface area contributed by atoms with Gasteiger partial charge in [-0.2, -0.15) is 10.4 Å². The summed E-state index contributed by atoms with van der Waals surface area (Å²) in [7, 11) is 0. The molecule has 5 nitrogen and oxygen atoms in total. The largest absolute Gasteiger partial charge is 0.299 e. The van der Waals surface area contributed by atoms with Gasteiger partial charge in [-0.05, 0) is 44.5 Å². The van der Waals surface area contributed by atoms with E-state index in [4.69, 9.17) is 5.26 Å². The van der Waals surface area contributed by atoms with Crippen LogP contribution in [-0.2, 0) is 6.54 Å². The van der Waals surface area contributed by atoms with Crippen LogP contribution >= 0.6 is 0 Å². The molecule has 1 aliphatic heterocycles. The Bertz CT molecular complexity index is 757. The maximum Gasteiger partial charge on any atom is 0.282 e. The zero-order chi connectivity index (χ0) is 17.1. The number of hydrogen-bond acceptors (Lipinski definition) is 4. The molecule has 1 aliphatic rings. The molecule has 3 rings (SSSR count). The molecule has 1 saturated heterocycles. The Kier molecular flexibility index (Phi) is 4.86. The van der Waals surface area contributed by atoms with E-state index in [1.54, 1.807) is 19.2 Å². The third-order valence-corrected chi connectivity index (χ3v) is 4.32. The van der Waals surface area contributed by atoms with Crippen LogP contribution in [0.15, 0.2) is 18.5 Å². The molecule has 3 heterocycles. The molecule has 7 heteroatoms. The number of nitriles is 1. The third-order valence-electron chi connectivity index (χ3n) is 4.32. The van der Waals surface area contributed by atoms with Crippen molar-refractivity contribution in [3.05, 3.63) is 40.8 Å². The Labute approximate surface area is 139 Å². The SMILES string of the molecule is Cc1cc(-n2cc(CN3CCCCC3)c(C(F)F)n2)ncc1C#N. The average Bonchev–Trinajstić information content (AvgIpc) is 3.00. The van der Waals surface area contributed by atoms with Crippen LogP contribution in [0.5, 0.6) is 0 Å². The van der Waals surface area contributed by atoms with Gasteiger partial charge >= 0.3 is 0 Å². The first-order valence-electron chi connectivity index (χ1n) is 8.04. The first-order valence-corrected chi connectivity index (χ1v) is 8.04. The number of hydrogen-bond donors (Lipinski definition) is 0. The lowest BCUT2D eigenvalue weighted by Crippen LogP contribution is -2.29. The number of aryl methyl sites for hydroxylation is 1. The van der Waals surface area contributed by atoms with E-state index < -0.39 is 6.43 Å². The summed E-state index contributed by atoms with van der Waals surface area (Å²) in [6.07, 6.45) is 3.86. The number of nitrogens with zero attached hydrogens (tertiary/aromatic N) is 5. The highest BCUT2D eigenvalue weighted by molar-refractivity contribution is 5.40. The van der Waals surface area contributed by atoms with Crippen LogP contribution in [0, 0.1) is 18.3 Å². The second-order valence-corrected chi connectivity index (χ2v) is 6.09. The summed E-state index contributed by atoms with van der Waals surface area (Å²) in [4.78, 5) is 6.35. The van der Waals surface area contributed by atoms with Crippen molar-refractivity contribution < 1.29 is 8.78 Å². The first kappa shape index (κ1) is 16.5. The van der Waals surface area contributed by atoms with E-state index in [9.17, 15) is 8.78 Å². The van der Waals surface area contributed by atoms with E-state index in [0.29, 0.717) is 23.5 Å². The zero-order valence-corrected chi connectivity index (χ0v) is 13.5. The van der Waals surface area contributed by atoms with Gasteiger partial charge in [0.25, 0.3) is 6.43 Å². The number of aromatic nitrogens is 3. The van der Waals surface area contributed by atoms with Gasteiger partial charge in [-0.3, -0.25) is 4.90 Å². The van der Waals surface area contributed by atoms with Gasteiger partial charge < -0.3 is 0 Å². The van der Waals surface area contributed by atoms with E-state index in [1.165, 1.54) is 17.3 Å². The monoisotopic (exact) mass is 331 g/mol. The molecule has 2 aromatic rings. The predicted octanol–water partition coefficient (Wildman–Crippen LogP) is 3.37. The van der Waals surface area contributed by atoms with Crippen LogP contribution in [-0.4, -0.2) is 32.8 Å². The minimum Gasteiger partial charge on any atom is -0.299 e. The van der Waals surface area contributed by atoms with Crippen LogP contribution in [0.1, 0.15) is 48.1 Å². The van der Waals surface area contributed by atoms with Gasteiger partial charge in [0.1, 0.15) is 11.8 Å². The molecule has 0 amide bonds. The van der Waals surface area contributed by atoms with Crippen molar-refractivity contribution in [2.75, 3.05) is 13.1 Å². The molecule has 0 radical (unpaired) electrons. The topological polar surface area (TPSA) is 57.7 Å². The summed E-state index contributed by atoms with van der Waals surface area (Å²) < 4.78 is 28.1. The molecule has 0 N–H and O–H groups in total. The first-order chi connectivity index (χ1) is 11.6. The van der Waals surface area contributed by atoms with Gasteiger partial charge in [0.05, 0.1) is 5.56 Å². The smallest absolute Gasteiger partial charge is 0.282 e. The second kappa shape index (κ2) is 7.05. The summed E-state index contributed by atoms with van der Waals surface area (Å²) in [6.45, 7) is 4.13. The Morgan fingerprint density at radius 2 is 2.04 bits per heavy atom. The fraction of sp³-hybridized carbons (Fsp3) is 0.471. The van der Waals surface area contributed by atoms with E-state index in [1.807, 2.05) is 6.07 Å². The summed E-state index contributed by atoms with van der Waals surface area (Å²) in [5, 5.41) is 13.0. The molecule has 0 aliphatic carbocycles. The third kappa shape index (κ3) is 3.44. The normalized spacial score (nSPS) is 15.6. The zero-order valence-electron chi connectivity index (χ0n) is 13.5. The van der Waals surface area contributed by atoms with Crippen LogP contribution in [0.4, 0.5) is 8.78 Å². The van der Waals surface area contributed by atoms with Crippen molar-refractivity contribution in [3.8, 4) is 11.9 Å². The lowest BCUT2D eigenvalue weighted by Gasteiger charge is -2.26. The molecule has 0 aromatic carbocycles. The Morgan fingerprint density at radius 3 is 2.67 bits per heavy atom. The standard InChI is InChI=1S/C17H19F2N5/c1-12-7-15(21-9-13(12)8-20)24-11-14(16(22-24)17(18)19)10-23-5-3-2-4-6-23/h7,9,11,17H,2-6,10H2,1H3. The molecule has 0 spiro atoms. The van der Waals surface area contributed by atoms with Gasteiger partial charge in [0.15, 0.2) is 5.82 Å². The number of halogens is 2. The highest BCUT2D eigenvalue weighted by Crippen LogP contribution is 2.25. The highest BCUT2D eigenvalue weighted by atomic mass is 19.3. The van der Waals surface area contributed by atoms with Crippen molar-refractivity contribution in [3.63, 3.8) is 0 Å². The van der Waals surface area contributed by atoms with Crippen molar-refractivity contribution in [1.29, 1.82) is 5.26 Å². The molecule has 0 bridgehead atoms. The maximum absolute atomic E-state index is 13.4. The molecular formula is C17H19F2N5. The molecule has 2 aromatic heterocycles. The van der Waals surface area contributed by atoms with Crippen molar-refractivity contribution in [2.24, 2.45) is 0 Å². The predicted molar refractivity (Wildman–Crippen MR) is 84.9 cm³/mol. The fourth-order valence-electron chi connectivity index (χ4n) is 2.99. The van der Waals surface area contributed by atoms with Gasteiger partial charge in [-0.1, -0.05) is 6.42 Å². The molecule has 1 fully saturated rings. The minimum absolute atomic E-state index is 0.190. The van der Waals surface area contributed by atoms with E-state index in [2.05, 4.69) is 15.0 Å². The second-order valence-electron chi connectivity index (χ2n) is 6.09. The molecular weight excluding hydrogens is 312 g/mol. The number of rotatable bonds is 4. The van der Waals surface area contributed by atoms with Gasteiger partial charge in [0.2, 0.25) is 0 Å². The highest BCUT2D eigenvalue weighted by Gasteiger charge is 2.22. The average molecular weight is 331 g/mol. The van der Waals surface area contributed by atoms with Crippen LogP contribution in [0.2, 0.25) is 0 Å². The maximum atomic E-state index is 13.4. The van der Waals surface area contributed by atoms with Crippen molar-refractivity contribution in [2.45, 2.75) is 39.2 Å². The minimum atomic E-state index is -2.62. The lowest BCUT2D eigenvalue weighted by atomic mass is 10.1. The fourth-order valence-corrected chi connectivity index (χ4v) is 2.99. The van der Waals surface area contributed by atoms with Gasteiger partial charge in [-0.25, -0.2) is 18.4 Å². The number of piperidine rings is 1. The molecule has 0 unspecified atom stereocenters. The number of likely N-dealkylation sites (tertiary alicyclic amines) is 1. The summed E-state index contributed by atoms with van der Waals surface area (Å²) >= 11 is 0. The Hall–Kier alpha value is -2.33. The molecule has 126 valence electrons. The lowest BCUT2D eigenvalue weighted by molar-refractivity contribution is 0.141. The Morgan fingerprint density at radius 1 is 1.29 bits per heavy atom. The van der Waals surface area contributed by atoms with E-state index in [0.717, 1.165) is 31.5 Å².